The van der Waals surface area contributed by atoms with E-state index in [2.05, 4.69) is 28.1 Å². The zero-order chi connectivity index (χ0) is 11.5. The first kappa shape index (κ1) is 11.5. The van der Waals surface area contributed by atoms with Gasteiger partial charge >= 0.3 is 0 Å². The Bertz CT molecular complexity index is 334. The Kier molecular flexibility index (Phi) is 3.49. The van der Waals surface area contributed by atoms with Crippen LogP contribution < -0.4 is 10.6 Å². The fraction of sp³-hybridized carbons (Fsp3) is 0.750. The Morgan fingerprint density at radius 1 is 1.56 bits per heavy atom. The standard InChI is InChI=1S/C12H22N4/c1-9-7-12(15-14-9)16-6-4-3-5-11(8-13)10(16)2/h7,10-11H,3-6,8,13H2,1-2H3,(H,14,15)/t10-,11-/m1/s1. The van der Waals surface area contributed by atoms with Crippen molar-refractivity contribution < 1.29 is 0 Å². The molecule has 1 aliphatic heterocycles. The van der Waals surface area contributed by atoms with E-state index in [4.69, 9.17) is 5.73 Å². The average Bonchev–Trinajstić information content (AvgIpc) is 2.60. The predicted octanol–water partition coefficient (Wildman–Crippen LogP) is 1.67. The second-order valence-corrected chi connectivity index (χ2v) is 4.83. The molecule has 0 aliphatic carbocycles. The zero-order valence-corrected chi connectivity index (χ0v) is 10.2. The molecule has 0 aromatic carbocycles. The lowest BCUT2D eigenvalue weighted by Gasteiger charge is -2.31. The Morgan fingerprint density at radius 2 is 2.38 bits per heavy atom. The smallest absolute Gasteiger partial charge is 0.150 e. The van der Waals surface area contributed by atoms with Gasteiger partial charge in [0.25, 0.3) is 0 Å². The minimum atomic E-state index is 0.496. The highest BCUT2D eigenvalue weighted by Gasteiger charge is 2.26. The number of aryl methyl sites for hydroxylation is 1. The molecule has 1 aliphatic rings. The first-order chi connectivity index (χ1) is 7.72. The van der Waals surface area contributed by atoms with Crippen LogP contribution in [0.2, 0.25) is 0 Å². The van der Waals surface area contributed by atoms with E-state index in [1.54, 1.807) is 0 Å². The first-order valence-corrected chi connectivity index (χ1v) is 6.21. The molecule has 1 fully saturated rings. The zero-order valence-electron chi connectivity index (χ0n) is 10.2. The van der Waals surface area contributed by atoms with Crippen molar-refractivity contribution in [2.24, 2.45) is 11.7 Å². The van der Waals surface area contributed by atoms with Crippen LogP contribution in [0.25, 0.3) is 0 Å². The van der Waals surface area contributed by atoms with Crippen molar-refractivity contribution in [3.05, 3.63) is 11.8 Å². The maximum absolute atomic E-state index is 5.85. The van der Waals surface area contributed by atoms with Gasteiger partial charge in [-0.25, -0.2) is 0 Å². The third kappa shape index (κ3) is 2.21. The van der Waals surface area contributed by atoms with Crippen molar-refractivity contribution in [2.45, 2.75) is 39.2 Å². The Labute approximate surface area is 97.2 Å². The molecule has 1 saturated heterocycles. The van der Waals surface area contributed by atoms with Gasteiger partial charge in [-0.2, -0.15) is 5.10 Å². The molecule has 0 saturated carbocycles. The molecule has 0 unspecified atom stereocenters. The number of aromatic amines is 1. The fourth-order valence-electron chi connectivity index (χ4n) is 2.58. The molecule has 3 N–H and O–H groups in total. The largest absolute Gasteiger partial charge is 0.352 e. The number of nitrogens with zero attached hydrogens (tertiary/aromatic N) is 2. The van der Waals surface area contributed by atoms with Crippen molar-refractivity contribution in [2.75, 3.05) is 18.0 Å². The van der Waals surface area contributed by atoms with Crippen LogP contribution in [0.3, 0.4) is 0 Å². The molecule has 90 valence electrons. The first-order valence-electron chi connectivity index (χ1n) is 6.21. The van der Waals surface area contributed by atoms with Crippen LogP contribution in [-0.4, -0.2) is 29.3 Å². The molecule has 2 atom stereocenters. The van der Waals surface area contributed by atoms with E-state index in [0.29, 0.717) is 12.0 Å². The topological polar surface area (TPSA) is 57.9 Å². The molecule has 1 aromatic rings. The van der Waals surface area contributed by atoms with E-state index in [-0.39, 0.29) is 0 Å². The molecule has 2 rings (SSSR count). The minimum Gasteiger partial charge on any atom is -0.352 e. The maximum atomic E-state index is 5.85. The Balaban J connectivity index is 2.18. The highest BCUT2D eigenvalue weighted by molar-refractivity contribution is 5.40. The van der Waals surface area contributed by atoms with E-state index >= 15 is 0 Å². The van der Waals surface area contributed by atoms with E-state index in [9.17, 15) is 0 Å². The van der Waals surface area contributed by atoms with E-state index in [1.165, 1.54) is 19.3 Å². The summed E-state index contributed by atoms with van der Waals surface area (Å²) >= 11 is 0. The molecular formula is C12H22N4. The second kappa shape index (κ2) is 4.87. The molecule has 0 amide bonds. The number of nitrogens with one attached hydrogen (secondary N) is 1. The summed E-state index contributed by atoms with van der Waals surface area (Å²) in [7, 11) is 0. The van der Waals surface area contributed by atoms with E-state index < -0.39 is 0 Å². The van der Waals surface area contributed by atoms with Crippen LogP contribution in [0.1, 0.15) is 31.9 Å². The lowest BCUT2D eigenvalue weighted by molar-refractivity contribution is 0.422. The summed E-state index contributed by atoms with van der Waals surface area (Å²) in [4.78, 5) is 2.40. The Hall–Kier alpha value is -1.03. The lowest BCUT2D eigenvalue weighted by atomic mass is 9.96. The summed E-state index contributed by atoms with van der Waals surface area (Å²) in [5, 5.41) is 7.38. The lowest BCUT2D eigenvalue weighted by Crippen LogP contribution is -2.40. The maximum Gasteiger partial charge on any atom is 0.150 e. The number of hydrogen-bond donors (Lipinski definition) is 2. The van der Waals surface area contributed by atoms with Crippen LogP contribution in [0.15, 0.2) is 6.07 Å². The van der Waals surface area contributed by atoms with Gasteiger partial charge in [-0.1, -0.05) is 6.42 Å². The normalized spacial score (nSPS) is 26.8. The van der Waals surface area contributed by atoms with Crippen LogP contribution in [0, 0.1) is 12.8 Å². The molecule has 0 bridgehead atoms. The van der Waals surface area contributed by atoms with E-state index in [0.717, 1.165) is 24.6 Å². The number of anilines is 1. The van der Waals surface area contributed by atoms with Gasteiger partial charge in [-0.15, -0.1) is 0 Å². The SMILES string of the molecule is Cc1cc(N2CCCC[C@H](CN)[C@H]2C)n[nH]1. The van der Waals surface area contributed by atoms with Crippen molar-refractivity contribution in [3.63, 3.8) is 0 Å². The number of H-pyrrole nitrogens is 1. The van der Waals surface area contributed by atoms with Crippen molar-refractivity contribution in [3.8, 4) is 0 Å². The summed E-state index contributed by atoms with van der Waals surface area (Å²) in [6, 6.07) is 2.62. The molecule has 1 aromatic heterocycles. The molecule has 4 nitrogen and oxygen atoms in total. The average molecular weight is 222 g/mol. The van der Waals surface area contributed by atoms with Crippen LogP contribution in [0.5, 0.6) is 0 Å². The van der Waals surface area contributed by atoms with Crippen molar-refractivity contribution >= 4 is 5.82 Å². The number of aromatic nitrogens is 2. The third-order valence-corrected chi connectivity index (χ3v) is 3.69. The molecule has 2 heterocycles. The highest BCUT2D eigenvalue weighted by atomic mass is 15.3. The number of hydrogen-bond acceptors (Lipinski definition) is 3. The molecule has 0 spiro atoms. The van der Waals surface area contributed by atoms with Gasteiger partial charge in [-0.3, -0.25) is 5.10 Å². The highest BCUT2D eigenvalue weighted by Crippen LogP contribution is 2.26. The van der Waals surface area contributed by atoms with Gasteiger partial charge in [-0.05, 0) is 39.2 Å². The van der Waals surface area contributed by atoms with E-state index in [1.807, 2.05) is 6.92 Å². The summed E-state index contributed by atoms with van der Waals surface area (Å²) in [6.45, 7) is 6.19. The quantitative estimate of drug-likeness (QED) is 0.800. The second-order valence-electron chi connectivity index (χ2n) is 4.83. The monoisotopic (exact) mass is 222 g/mol. The summed E-state index contributed by atoms with van der Waals surface area (Å²) in [6.07, 6.45) is 3.77. The van der Waals surface area contributed by atoms with Crippen molar-refractivity contribution in [1.29, 1.82) is 0 Å². The summed E-state index contributed by atoms with van der Waals surface area (Å²) < 4.78 is 0. The molecule has 16 heavy (non-hydrogen) atoms. The number of rotatable bonds is 2. The predicted molar refractivity (Wildman–Crippen MR) is 66.5 cm³/mol. The molecular weight excluding hydrogens is 200 g/mol. The van der Waals surface area contributed by atoms with Crippen LogP contribution >= 0.6 is 0 Å². The van der Waals surface area contributed by atoms with Gasteiger partial charge in [0.1, 0.15) is 0 Å². The summed E-state index contributed by atoms with van der Waals surface area (Å²) in [5.41, 5.74) is 6.97. The molecule has 4 heteroatoms. The van der Waals surface area contributed by atoms with Crippen molar-refractivity contribution in [1.82, 2.24) is 10.2 Å². The minimum absolute atomic E-state index is 0.496. The molecule has 0 radical (unpaired) electrons. The summed E-state index contributed by atoms with van der Waals surface area (Å²) in [5.74, 6) is 1.67. The Morgan fingerprint density at radius 3 is 3.00 bits per heavy atom. The van der Waals surface area contributed by atoms with Gasteiger partial charge in [0.15, 0.2) is 5.82 Å². The van der Waals surface area contributed by atoms with Crippen LogP contribution in [0.4, 0.5) is 5.82 Å². The van der Waals surface area contributed by atoms with Gasteiger partial charge < -0.3 is 10.6 Å². The third-order valence-electron chi connectivity index (χ3n) is 3.69. The van der Waals surface area contributed by atoms with Gasteiger partial charge in [0.05, 0.1) is 0 Å². The van der Waals surface area contributed by atoms with Gasteiger partial charge in [0.2, 0.25) is 0 Å². The number of nitrogens with two attached hydrogens (primary N) is 1. The van der Waals surface area contributed by atoms with Gasteiger partial charge in [0, 0.05) is 24.3 Å². The van der Waals surface area contributed by atoms with Crippen LogP contribution in [-0.2, 0) is 0 Å². The fourth-order valence-corrected chi connectivity index (χ4v) is 2.58.